The SMILES string of the molecule is C[NH2+]/C=C(\C(=N)C[C@H](C)/C=C/C(=O)Nc1cc(N)c(OC)cc1N(C)CCN(C)C)c1nc(Cl)nc2c1ccn2COCC[Si](C)(C)C. The van der Waals surface area contributed by atoms with Gasteiger partial charge in [-0.2, -0.15) is 4.98 Å². The van der Waals surface area contributed by atoms with Crippen molar-refractivity contribution >= 4 is 65.0 Å². The fourth-order valence-electron chi connectivity index (χ4n) is 4.95. The van der Waals surface area contributed by atoms with E-state index in [0.717, 1.165) is 30.2 Å². The van der Waals surface area contributed by atoms with E-state index in [9.17, 15) is 4.79 Å². The number of rotatable bonds is 18. The number of carbonyl (C=O) groups is 1. The van der Waals surface area contributed by atoms with Crippen LogP contribution >= 0.6 is 11.6 Å². The maximum atomic E-state index is 13.1. The predicted octanol–water partition coefficient (Wildman–Crippen LogP) is 4.76. The zero-order chi connectivity index (χ0) is 35.6. The molecule has 6 N–H and O–H groups in total. The highest BCUT2D eigenvalue weighted by molar-refractivity contribution is 6.76. The van der Waals surface area contributed by atoms with Crippen LogP contribution in [0, 0.1) is 11.3 Å². The number of likely N-dealkylation sites (N-methyl/N-ethyl adjacent to an activating group) is 2. The highest BCUT2D eigenvalue weighted by Gasteiger charge is 2.21. The molecule has 0 unspecified atom stereocenters. The molecule has 1 aromatic carbocycles. The molecule has 12 nitrogen and oxygen atoms in total. The third-order valence-electron chi connectivity index (χ3n) is 7.73. The molecule has 0 spiro atoms. The molecule has 1 amide bonds. The standard InChI is InChI=1S/C34H52ClN9O3Si/c1-23(10-11-31(45)39-28-19-27(37)30(46-6)20-29(28)43(5)15-14-42(3)4)18-26(36)25(21-38-2)32-24-12-13-44(33(24)41-34(35)40-32)22-47-16-17-48(7,8)9/h10-13,19-21,23,36,38H,14-18,22,37H2,1-9H3,(H,39,45)/p+1/b11-10+,25-21+,36-26?/t23-/m1/s1. The molecule has 262 valence electrons. The zero-order valence-electron chi connectivity index (χ0n) is 29.9. The molecule has 0 radical (unpaired) electrons. The van der Waals surface area contributed by atoms with E-state index in [4.69, 9.17) is 32.2 Å². The Hall–Kier alpha value is -3.75. The summed E-state index contributed by atoms with van der Waals surface area (Å²) in [6.07, 6.45) is 7.46. The first-order valence-corrected chi connectivity index (χ1v) is 20.2. The number of hydrogen-bond donors (Lipinski definition) is 4. The maximum absolute atomic E-state index is 13.1. The van der Waals surface area contributed by atoms with Crippen LogP contribution in [-0.4, -0.2) is 94.1 Å². The summed E-state index contributed by atoms with van der Waals surface area (Å²) in [6, 6.07) is 6.55. The summed E-state index contributed by atoms with van der Waals surface area (Å²) in [7, 11) is 8.25. The van der Waals surface area contributed by atoms with Gasteiger partial charge in [-0.15, -0.1) is 0 Å². The van der Waals surface area contributed by atoms with Crippen molar-refractivity contribution in [3.8, 4) is 5.75 Å². The van der Waals surface area contributed by atoms with E-state index >= 15 is 0 Å². The number of carbonyl (C=O) groups excluding carboxylic acids is 1. The van der Waals surface area contributed by atoms with Crippen LogP contribution in [0.4, 0.5) is 17.1 Å². The molecule has 0 saturated carbocycles. The number of anilines is 3. The van der Waals surface area contributed by atoms with Crippen molar-refractivity contribution < 1.29 is 19.6 Å². The number of fused-ring (bicyclic) bond motifs is 1. The molecule has 0 fully saturated rings. The average molecular weight is 699 g/mol. The molecule has 0 aliphatic rings. The molecule has 0 saturated heterocycles. The number of nitrogen functional groups attached to an aromatic ring is 1. The van der Waals surface area contributed by atoms with Gasteiger partial charge in [0, 0.05) is 58.2 Å². The highest BCUT2D eigenvalue weighted by atomic mass is 35.5. The van der Waals surface area contributed by atoms with Gasteiger partial charge in [-0.05, 0) is 62.3 Å². The van der Waals surface area contributed by atoms with Gasteiger partial charge in [0.15, 0.2) is 0 Å². The third-order valence-corrected chi connectivity index (χ3v) is 9.61. The molecule has 14 heteroatoms. The number of amides is 1. The van der Waals surface area contributed by atoms with Gasteiger partial charge in [0.25, 0.3) is 0 Å². The first-order valence-electron chi connectivity index (χ1n) is 16.1. The van der Waals surface area contributed by atoms with Gasteiger partial charge in [-0.25, -0.2) is 4.98 Å². The fourth-order valence-corrected chi connectivity index (χ4v) is 5.87. The third kappa shape index (κ3) is 11.2. The molecular weight excluding hydrogens is 646 g/mol. The van der Waals surface area contributed by atoms with E-state index < -0.39 is 8.07 Å². The van der Waals surface area contributed by atoms with Gasteiger partial charge in [-0.3, -0.25) is 4.79 Å². The smallest absolute Gasteiger partial charge is 0.248 e. The van der Waals surface area contributed by atoms with Crippen LogP contribution in [0.1, 0.15) is 19.0 Å². The number of nitrogens with zero attached hydrogens (tertiary/aromatic N) is 5. The number of ether oxygens (including phenoxy) is 2. The van der Waals surface area contributed by atoms with Crippen molar-refractivity contribution in [3.05, 3.63) is 53.7 Å². The number of allylic oxidation sites excluding steroid dienone is 2. The largest absolute Gasteiger partial charge is 0.495 e. The predicted molar refractivity (Wildman–Crippen MR) is 201 cm³/mol. The van der Waals surface area contributed by atoms with Crippen LogP contribution in [-0.2, 0) is 16.3 Å². The lowest BCUT2D eigenvalue weighted by Crippen LogP contribution is -2.73. The van der Waals surface area contributed by atoms with Crippen molar-refractivity contribution in [2.45, 2.75) is 45.8 Å². The van der Waals surface area contributed by atoms with Crippen molar-refractivity contribution in [2.24, 2.45) is 5.92 Å². The minimum Gasteiger partial charge on any atom is -0.495 e. The summed E-state index contributed by atoms with van der Waals surface area (Å²) in [6.45, 7) is 11.5. The molecule has 0 aliphatic heterocycles. The molecule has 0 aliphatic carbocycles. The lowest BCUT2D eigenvalue weighted by atomic mass is 9.96. The van der Waals surface area contributed by atoms with Crippen molar-refractivity contribution in [1.82, 2.24) is 19.4 Å². The molecule has 3 aromatic rings. The zero-order valence-corrected chi connectivity index (χ0v) is 31.6. The Kier molecular flexibility index (Phi) is 14.2. The molecule has 2 heterocycles. The van der Waals surface area contributed by atoms with E-state index in [1.165, 1.54) is 6.08 Å². The summed E-state index contributed by atoms with van der Waals surface area (Å²) in [5.74, 6) is 0.125. The fraction of sp³-hybridized carbons (Fsp3) is 0.471. The van der Waals surface area contributed by atoms with Gasteiger partial charge in [0.2, 0.25) is 11.2 Å². The number of quaternary nitrogens is 1. The summed E-state index contributed by atoms with van der Waals surface area (Å²) < 4.78 is 13.3. The number of halogens is 1. The molecule has 2 aromatic heterocycles. The van der Waals surface area contributed by atoms with Gasteiger partial charge in [0.05, 0.1) is 42.5 Å². The summed E-state index contributed by atoms with van der Waals surface area (Å²) in [5, 5.41) is 14.8. The number of methoxy groups -OCH3 is 1. The van der Waals surface area contributed by atoms with Gasteiger partial charge >= 0.3 is 0 Å². The van der Waals surface area contributed by atoms with E-state index in [2.05, 4.69) is 44.7 Å². The van der Waals surface area contributed by atoms with Crippen LogP contribution in [0.3, 0.4) is 0 Å². The first kappa shape index (κ1) is 38.7. The Morgan fingerprint density at radius 3 is 2.60 bits per heavy atom. The molecule has 0 bridgehead atoms. The minimum atomic E-state index is -1.20. The molecule has 1 atom stereocenters. The van der Waals surface area contributed by atoms with E-state index in [0.29, 0.717) is 59.5 Å². The van der Waals surface area contributed by atoms with Gasteiger partial charge in [-0.1, -0.05) is 32.6 Å². The highest BCUT2D eigenvalue weighted by Crippen LogP contribution is 2.35. The van der Waals surface area contributed by atoms with Crippen molar-refractivity contribution in [1.29, 1.82) is 5.41 Å². The lowest BCUT2D eigenvalue weighted by Gasteiger charge is -2.25. The van der Waals surface area contributed by atoms with E-state index in [1.54, 1.807) is 19.3 Å². The Labute approximate surface area is 290 Å². The Morgan fingerprint density at radius 2 is 1.96 bits per heavy atom. The number of nitrogens with two attached hydrogens (primary N) is 2. The number of aromatic nitrogens is 3. The second-order valence-electron chi connectivity index (χ2n) is 13.5. The van der Waals surface area contributed by atoms with Crippen molar-refractivity contribution in [3.63, 3.8) is 0 Å². The monoisotopic (exact) mass is 698 g/mol. The van der Waals surface area contributed by atoms with Crippen molar-refractivity contribution in [2.75, 3.05) is 70.9 Å². The van der Waals surface area contributed by atoms with E-state index in [-0.39, 0.29) is 17.1 Å². The topological polar surface area (TPSA) is 151 Å². The maximum Gasteiger partial charge on any atom is 0.248 e. The van der Waals surface area contributed by atoms with Gasteiger partial charge in [0.1, 0.15) is 24.3 Å². The molecule has 48 heavy (non-hydrogen) atoms. The normalized spacial score (nSPS) is 13.0. The summed E-state index contributed by atoms with van der Waals surface area (Å²) in [5.41, 5.74) is 10.3. The summed E-state index contributed by atoms with van der Waals surface area (Å²) >= 11 is 6.41. The van der Waals surface area contributed by atoms with E-state index in [1.807, 2.05) is 69.5 Å². The number of benzene rings is 1. The first-order chi connectivity index (χ1) is 22.6. The summed E-state index contributed by atoms with van der Waals surface area (Å²) in [4.78, 5) is 26.3. The van der Waals surface area contributed by atoms with Crippen LogP contribution < -0.4 is 26.0 Å². The number of nitrogens with one attached hydrogen (secondary N) is 2. The Balaban J connectivity index is 1.74. The Bertz CT molecular complexity index is 1630. The number of hydrogen-bond acceptors (Lipinski definition) is 9. The second-order valence-corrected chi connectivity index (χ2v) is 19.4. The molecular formula is C34H53ClN9O3Si+. The van der Waals surface area contributed by atoms with Gasteiger partial charge < -0.3 is 45.6 Å². The van der Waals surface area contributed by atoms with Crippen LogP contribution in [0.25, 0.3) is 16.6 Å². The Morgan fingerprint density at radius 1 is 1.23 bits per heavy atom. The van der Waals surface area contributed by atoms with Crippen LogP contribution in [0.15, 0.2) is 42.7 Å². The quantitative estimate of drug-likeness (QED) is 0.0371. The minimum absolute atomic E-state index is 0.102. The average Bonchev–Trinajstić information content (AvgIpc) is 3.41. The lowest BCUT2D eigenvalue weighted by molar-refractivity contribution is -0.555. The second kappa shape index (κ2) is 17.6. The molecule has 3 rings (SSSR count). The van der Waals surface area contributed by atoms with Crippen LogP contribution in [0.5, 0.6) is 5.75 Å². The van der Waals surface area contributed by atoms with Crippen LogP contribution in [0.2, 0.25) is 31.0 Å².